The molecule has 0 saturated heterocycles. The number of carbonyl (C=O) groups is 4. The molecule has 4 amide bonds. The Kier molecular flexibility index (Phi) is 32.4. The van der Waals surface area contributed by atoms with Crippen LogP contribution >= 0.6 is 15.6 Å². The fourth-order valence-corrected chi connectivity index (χ4v) is 6.37. The summed E-state index contributed by atoms with van der Waals surface area (Å²) in [7, 11) is -7.57. The van der Waals surface area contributed by atoms with Crippen LogP contribution in [0.3, 0.4) is 0 Å². The van der Waals surface area contributed by atoms with E-state index in [0.717, 1.165) is 0 Å². The molecule has 0 aliphatic rings. The summed E-state index contributed by atoms with van der Waals surface area (Å²) in [6.07, 6.45) is 4.72. The molecule has 0 aromatic rings. The van der Waals surface area contributed by atoms with E-state index in [2.05, 4.69) is 34.4 Å². The van der Waals surface area contributed by atoms with E-state index in [4.69, 9.17) is 42.3 Å². The van der Waals surface area contributed by atoms with Gasteiger partial charge in [-0.25, -0.2) is 9.13 Å². The molecule has 0 fully saturated rings. The van der Waals surface area contributed by atoms with Gasteiger partial charge in [0, 0.05) is 59.5 Å². The first-order chi connectivity index (χ1) is 25.4. The van der Waals surface area contributed by atoms with Gasteiger partial charge in [0.1, 0.15) is 0 Å². The zero-order valence-electron chi connectivity index (χ0n) is 33.0. The number of carbonyl (C=O) groups excluding carboxylic acids is 4. The third kappa shape index (κ3) is 32.9. The summed E-state index contributed by atoms with van der Waals surface area (Å²) >= 11 is 0. The van der Waals surface area contributed by atoms with Crippen molar-refractivity contribution >= 4 is 39.3 Å². The van der Waals surface area contributed by atoms with E-state index in [0.29, 0.717) is 32.5 Å². The summed E-state index contributed by atoms with van der Waals surface area (Å²) in [5, 5.41) is 10.8. The molecule has 0 heterocycles. The number of ether oxygens (including phenoxy) is 2. The Balaban J connectivity index is 0. The molecule has 0 aliphatic heterocycles. The van der Waals surface area contributed by atoms with Crippen molar-refractivity contribution in [3.05, 3.63) is 25.3 Å². The topological polar surface area (TPSA) is 250 Å². The van der Waals surface area contributed by atoms with Gasteiger partial charge in [0.05, 0.1) is 64.9 Å². The number of hydrogen-bond donors (Lipinski definition) is 5. The van der Waals surface area contributed by atoms with E-state index in [1.807, 2.05) is 20.8 Å². The van der Waals surface area contributed by atoms with Crippen molar-refractivity contribution in [3.63, 3.8) is 0 Å². The molecule has 19 nitrogen and oxygen atoms in total. The van der Waals surface area contributed by atoms with Gasteiger partial charge in [-0.2, -0.15) is 0 Å². The third-order valence-corrected chi connectivity index (χ3v) is 8.99. The molecule has 316 valence electrons. The first kappa shape index (κ1) is 53.6. The number of phosphoric ester groups is 2. The van der Waals surface area contributed by atoms with Crippen LogP contribution in [0.4, 0.5) is 0 Å². The zero-order chi connectivity index (χ0) is 41.4. The highest BCUT2D eigenvalue weighted by Gasteiger charge is 2.29. The Morgan fingerprint density at radius 2 is 0.963 bits per heavy atom. The molecule has 0 radical (unpaired) electrons. The Morgan fingerprint density at radius 1 is 0.593 bits per heavy atom. The van der Waals surface area contributed by atoms with Gasteiger partial charge >= 0.3 is 15.6 Å². The Bertz CT molecular complexity index is 1090. The molecule has 6 N–H and O–H groups in total. The summed E-state index contributed by atoms with van der Waals surface area (Å²) in [5.41, 5.74) is 5.34. The lowest BCUT2D eigenvalue weighted by molar-refractivity contribution is -0.121. The largest absolute Gasteiger partial charge is 0.475 e. The van der Waals surface area contributed by atoms with Crippen LogP contribution in [0, 0.1) is 0 Å². The molecule has 0 spiro atoms. The van der Waals surface area contributed by atoms with Gasteiger partial charge in [0.25, 0.3) is 0 Å². The fraction of sp³-hybridized carbons (Fsp3) is 0.758. The van der Waals surface area contributed by atoms with Crippen LogP contribution in [0.2, 0.25) is 0 Å². The molecule has 2 unspecified atom stereocenters. The fourth-order valence-electron chi connectivity index (χ4n) is 3.89. The smallest absolute Gasteiger partial charge is 0.379 e. The summed E-state index contributed by atoms with van der Waals surface area (Å²) in [5.74, 6) is -0.771. The van der Waals surface area contributed by atoms with Gasteiger partial charge in [-0.05, 0) is 33.1 Å². The van der Waals surface area contributed by atoms with E-state index in [9.17, 15) is 28.3 Å². The van der Waals surface area contributed by atoms with E-state index < -0.39 is 27.7 Å². The van der Waals surface area contributed by atoms with Gasteiger partial charge in [-0.3, -0.25) is 46.3 Å². The molecular weight excluding hydrogens is 752 g/mol. The summed E-state index contributed by atoms with van der Waals surface area (Å²) in [6.45, 7) is 19.4. The molecule has 0 bridgehead atoms. The first-order valence-corrected chi connectivity index (χ1v) is 20.6. The second-order valence-corrected chi connectivity index (χ2v) is 15.2. The highest BCUT2D eigenvalue weighted by molar-refractivity contribution is 7.48. The molecule has 6 atom stereocenters. The predicted molar refractivity (Wildman–Crippen MR) is 203 cm³/mol. The van der Waals surface area contributed by atoms with Gasteiger partial charge < -0.3 is 36.5 Å². The van der Waals surface area contributed by atoms with Crippen LogP contribution in [0.15, 0.2) is 25.3 Å². The average molecular weight is 818 g/mol. The van der Waals surface area contributed by atoms with E-state index in [1.54, 1.807) is 0 Å². The number of amides is 4. The monoisotopic (exact) mass is 817 g/mol. The molecule has 0 aromatic carbocycles. The number of nitrogens with two attached hydrogens (primary N) is 1. The van der Waals surface area contributed by atoms with Gasteiger partial charge in [-0.15, -0.1) is 13.2 Å². The predicted octanol–water partition coefficient (Wildman–Crippen LogP) is 2.90. The van der Waals surface area contributed by atoms with Crippen molar-refractivity contribution < 1.29 is 64.9 Å². The normalized spacial score (nSPS) is 15.4. The first-order valence-electron chi connectivity index (χ1n) is 17.7. The van der Waals surface area contributed by atoms with Crippen LogP contribution in [0.5, 0.6) is 0 Å². The van der Waals surface area contributed by atoms with Crippen molar-refractivity contribution in [2.24, 2.45) is 5.73 Å². The van der Waals surface area contributed by atoms with Crippen LogP contribution in [0.25, 0.3) is 0 Å². The highest BCUT2D eigenvalue weighted by Crippen LogP contribution is 2.50. The van der Waals surface area contributed by atoms with Crippen molar-refractivity contribution in [3.8, 4) is 0 Å². The lowest BCUT2D eigenvalue weighted by Crippen LogP contribution is -2.40. The Labute approximate surface area is 320 Å². The molecule has 0 saturated carbocycles. The van der Waals surface area contributed by atoms with Crippen molar-refractivity contribution in [2.45, 2.75) is 91.9 Å². The minimum Gasteiger partial charge on any atom is -0.379 e. The van der Waals surface area contributed by atoms with Crippen LogP contribution < -0.4 is 27.0 Å². The number of rotatable bonds is 32. The molecule has 0 rings (SSSR count). The minimum absolute atomic E-state index is 0.00321. The minimum atomic E-state index is -3.83. The third-order valence-electron chi connectivity index (χ3n) is 6.13. The van der Waals surface area contributed by atoms with Crippen molar-refractivity contribution in [1.29, 1.82) is 0 Å². The maximum absolute atomic E-state index is 12.5. The SMILES string of the molecule is C=CCOP(=O)(OCCC)OC[C@@H](COCC[C@H](C)NC(C)=O)NC(C)=O.C=CCOP(=O)(OCCN)OC[C@@H](COCC[C@H](C)NC(C)=O)NC(C)=O. The van der Waals surface area contributed by atoms with Gasteiger partial charge in [0.15, 0.2) is 0 Å². The van der Waals surface area contributed by atoms with Crippen LogP contribution in [-0.2, 0) is 64.9 Å². The molecule has 0 aliphatic carbocycles. The average Bonchev–Trinajstić information content (AvgIpc) is 3.09. The number of nitrogens with one attached hydrogen (secondary N) is 4. The van der Waals surface area contributed by atoms with Crippen LogP contribution in [0.1, 0.15) is 67.7 Å². The Hall–Kier alpha value is -2.54. The summed E-state index contributed by atoms with van der Waals surface area (Å²) in [4.78, 5) is 44.7. The van der Waals surface area contributed by atoms with Crippen molar-refractivity contribution in [2.75, 3.05) is 72.6 Å². The molecule has 54 heavy (non-hydrogen) atoms. The Morgan fingerprint density at radius 3 is 1.28 bits per heavy atom. The zero-order valence-corrected chi connectivity index (χ0v) is 34.8. The maximum Gasteiger partial charge on any atom is 0.475 e. The van der Waals surface area contributed by atoms with Gasteiger partial charge in [-0.1, -0.05) is 19.1 Å². The summed E-state index contributed by atoms with van der Waals surface area (Å²) < 4.78 is 67.2. The molecule has 0 aromatic heterocycles. The second kappa shape index (κ2) is 32.7. The van der Waals surface area contributed by atoms with Gasteiger partial charge in [0.2, 0.25) is 23.6 Å². The lowest BCUT2D eigenvalue weighted by atomic mass is 10.2. The van der Waals surface area contributed by atoms with E-state index in [1.165, 1.54) is 39.8 Å². The molecule has 21 heteroatoms. The van der Waals surface area contributed by atoms with Crippen molar-refractivity contribution in [1.82, 2.24) is 21.3 Å². The number of hydrogen-bond acceptors (Lipinski definition) is 15. The lowest BCUT2D eigenvalue weighted by Gasteiger charge is -2.22. The van der Waals surface area contributed by atoms with E-state index >= 15 is 0 Å². The second-order valence-electron chi connectivity index (χ2n) is 11.8. The number of phosphoric acid groups is 2. The summed E-state index contributed by atoms with van der Waals surface area (Å²) in [6, 6.07) is -1.13. The maximum atomic E-state index is 12.5. The quantitative estimate of drug-likeness (QED) is 0.0372. The highest BCUT2D eigenvalue weighted by atomic mass is 31.2. The van der Waals surface area contributed by atoms with E-state index in [-0.39, 0.29) is 95.1 Å². The molecular formula is C33H65N5O14P2. The van der Waals surface area contributed by atoms with Crippen LogP contribution in [-0.4, -0.2) is 120 Å². The standard InChI is InChI=1S/C17H33N2O7P.C16H32N3O7P/c1-6-9-24-27(22,25-10-7-2)26-13-17(19-16(5)21)12-23-11-8-14(3)18-15(4)20;1-5-8-24-27(22,25-10-7-17)26-12-16(19-15(4)21)11-23-9-6-13(2)18-14(3)20/h6,14,17H,1,7-13H2,2-5H3,(H,18,20)(H,19,21);5,13,16H,1,6-12,17H2,2-4H3,(H,18,20)(H,19,21)/t14-,17+,27?;13-,16+,27?/m00/s1.